The van der Waals surface area contributed by atoms with E-state index in [-0.39, 0.29) is 16.4 Å². The van der Waals surface area contributed by atoms with E-state index in [4.69, 9.17) is 11.5 Å². The van der Waals surface area contributed by atoms with E-state index in [1.54, 1.807) is 31.2 Å². The van der Waals surface area contributed by atoms with Crippen molar-refractivity contribution in [2.45, 2.75) is 11.8 Å². The number of nitrogens with one attached hydrogen (secondary N) is 1. The minimum atomic E-state index is -3.95. The van der Waals surface area contributed by atoms with Gasteiger partial charge in [-0.2, -0.15) is 20.5 Å². The van der Waals surface area contributed by atoms with Gasteiger partial charge in [-0.1, -0.05) is 24.3 Å². The van der Waals surface area contributed by atoms with Crippen LogP contribution < -0.4 is 11.5 Å². The lowest BCUT2D eigenvalue weighted by Gasteiger charge is -2.07. The zero-order valence-corrected chi connectivity index (χ0v) is 15.6. The largest absolute Gasteiger partial charge is 0.369 e. The maximum Gasteiger partial charge on any atom is 0.270 e. The average Bonchev–Trinajstić information content (AvgIpc) is 3.30. The first-order chi connectivity index (χ1) is 13.4. The summed E-state index contributed by atoms with van der Waals surface area (Å²) in [5.74, 6) is -0.187. The molecule has 0 aliphatic heterocycles. The molecule has 0 unspecified atom stereocenters. The average molecular weight is 396 g/mol. The molecule has 2 aromatic heterocycles. The number of hydrogen-bond acceptors (Lipinski definition) is 6. The van der Waals surface area contributed by atoms with Crippen molar-refractivity contribution < 1.29 is 8.42 Å². The van der Waals surface area contributed by atoms with Gasteiger partial charge in [0.15, 0.2) is 0 Å². The van der Waals surface area contributed by atoms with Crippen LogP contribution >= 0.6 is 0 Å². The normalized spacial score (nSPS) is 12.5. The number of guanidine groups is 1. The first-order valence-electron chi connectivity index (χ1n) is 8.18. The molecule has 5 N–H and O–H groups in total. The summed E-state index contributed by atoms with van der Waals surface area (Å²) in [6.07, 6.45) is 1.50. The summed E-state index contributed by atoms with van der Waals surface area (Å²) >= 11 is 0. The summed E-state index contributed by atoms with van der Waals surface area (Å²) < 4.78 is 28.1. The molecular weight excluding hydrogens is 380 g/mol. The number of aromatic amines is 1. The fraction of sp³-hybridized carbons (Fsp3) is 0.0588. The standard InChI is InChI=1S/C17H16N8O2S/c1-10(20-23-17(18)19)12-9-25(14-7-3-2-5-11(12)14)28(26,27)15-8-4-6-13-16(15)22-24-21-13/h2-9H,1H3,(H4,18,19,23)(H,21,22,24)/b20-10-. The molecule has 2 aromatic carbocycles. The van der Waals surface area contributed by atoms with Crippen LogP contribution in [-0.4, -0.2) is 39.5 Å². The predicted molar refractivity (Wildman–Crippen MR) is 106 cm³/mol. The minimum absolute atomic E-state index is 0.0462. The van der Waals surface area contributed by atoms with Gasteiger partial charge in [0.2, 0.25) is 5.96 Å². The highest BCUT2D eigenvalue weighted by Crippen LogP contribution is 2.28. The van der Waals surface area contributed by atoms with Crippen LogP contribution in [0.2, 0.25) is 0 Å². The fourth-order valence-corrected chi connectivity index (χ4v) is 4.50. The van der Waals surface area contributed by atoms with E-state index < -0.39 is 10.0 Å². The van der Waals surface area contributed by atoms with Crippen molar-refractivity contribution in [2.24, 2.45) is 21.7 Å². The van der Waals surface area contributed by atoms with E-state index in [2.05, 4.69) is 25.6 Å². The lowest BCUT2D eigenvalue weighted by Crippen LogP contribution is -2.22. The van der Waals surface area contributed by atoms with Crippen molar-refractivity contribution in [1.82, 2.24) is 19.4 Å². The van der Waals surface area contributed by atoms with Crippen LogP contribution in [0.25, 0.3) is 21.9 Å². The molecule has 4 rings (SSSR count). The molecule has 0 spiro atoms. The van der Waals surface area contributed by atoms with Gasteiger partial charge < -0.3 is 11.5 Å². The highest BCUT2D eigenvalue weighted by atomic mass is 32.2. The summed E-state index contributed by atoms with van der Waals surface area (Å²) in [6.45, 7) is 1.70. The Hall–Kier alpha value is -3.73. The van der Waals surface area contributed by atoms with Crippen LogP contribution in [0.5, 0.6) is 0 Å². The van der Waals surface area contributed by atoms with Gasteiger partial charge in [-0.15, -0.1) is 5.10 Å². The van der Waals surface area contributed by atoms with E-state index in [0.29, 0.717) is 27.7 Å². The molecule has 11 heteroatoms. The number of aromatic nitrogens is 4. The van der Waals surface area contributed by atoms with Crippen molar-refractivity contribution >= 4 is 43.6 Å². The number of rotatable bonds is 4. The highest BCUT2D eigenvalue weighted by molar-refractivity contribution is 7.90. The smallest absolute Gasteiger partial charge is 0.270 e. The van der Waals surface area contributed by atoms with Crippen LogP contribution in [-0.2, 0) is 10.0 Å². The lowest BCUT2D eigenvalue weighted by atomic mass is 10.1. The van der Waals surface area contributed by atoms with Crippen LogP contribution in [0.1, 0.15) is 12.5 Å². The van der Waals surface area contributed by atoms with Gasteiger partial charge in [0.1, 0.15) is 15.9 Å². The quantitative estimate of drug-likeness (QED) is 0.267. The van der Waals surface area contributed by atoms with Crippen molar-refractivity contribution in [1.29, 1.82) is 0 Å². The van der Waals surface area contributed by atoms with Gasteiger partial charge >= 0.3 is 0 Å². The number of hydrogen-bond donors (Lipinski definition) is 3. The summed E-state index contributed by atoms with van der Waals surface area (Å²) in [4.78, 5) is 0.0462. The van der Waals surface area contributed by atoms with Crippen LogP contribution in [0.15, 0.2) is 63.8 Å². The second-order valence-corrected chi connectivity index (χ2v) is 7.80. The lowest BCUT2D eigenvalue weighted by molar-refractivity contribution is 0.590. The monoisotopic (exact) mass is 396 g/mol. The predicted octanol–water partition coefficient (Wildman–Crippen LogP) is 1.15. The number of H-pyrrole nitrogens is 1. The molecule has 0 bridgehead atoms. The molecule has 10 nitrogen and oxygen atoms in total. The fourth-order valence-electron chi connectivity index (χ4n) is 2.98. The molecule has 0 aliphatic rings. The highest BCUT2D eigenvalue weighted by Gasteiger charge is 2.25. The molecule has 0 aliphatic carbocycles. The Morgan fingerprint density at radius 3 is 2.64 bits per heavy atom. The number of benzene rings is 2. The van der Waals surface area contributed by atoms with Gasteiger partial charge in [-0.05, 0) is 25.1 Å². The first kappa shape index (κ1) is 17.7. The zero-order chi connectivity index (χ0) is 19.9. The van der Waals surface area contributed by atoms with Crippen LogP contribution in [0.3, 0.4) is 0 Å². The van der Waals surface area contributed by atoms with Crippen molar-refractivity contribution in [3.05, 3.63) is 54.2 Å². The topological polar surface area (TPSA) is 157 Å². The van der Waals surface area contributed by atoms with Gasteiger partial charge in [0, 0.05) is 17.1 Å². The molecule has 0 saturated carbocycles. The minimum Gasteiger partial charge on any atom is -0.369 e. The number of para-hydroxylation sites is 2. The van der Waals surface area contributed by atoms with E-state index in [9.17, 15) is 8.42 Å². The summed E-state index contributed by atoms with van der Waals surface area (Å²) in [6, 6.07) is 11.9. The van der Waals surface area contributed by atoms with Crippen LogP contribution in [0, 0.1) is 0 Å². The maximum absolute atomic E-state index is 13.4. The molecule has 0 atom stereocenters. The van der Waals surface area contributed by atoms with Gasteiger partial charge in [0.05, 0.1) is 11.2 Å². The Morgan fingerprint density at radius 2 is 1.86 bits per heavy atom. The van der Waals surface area contributed by atoms with Gasteiger partial charge in [0.25, 0.3) is 10.0 Å². The second-order valence-electron chi connectivity index (χ2n) is 6.02. The van der Waals surface area contributed by atoms with Crippen LogP contribution in [0.4, 0.5) is 0 Å². The third-order valence-electron chi connectivity index (χ3n) is 4.23. The maximum atomic E-state index is 13.4. The molecule has 0 radical (unpaired) electrons. The van der Waals surface area contributed by atoms with E-state index in [1.165, 1.54) is 16.2 Å². The molecular formula is C17H16N8O2S. The van der Waals surface area contributed by atoms with Crippen molar-refractivity contribution in [3.63, 3.8) is 0 Å². The third kappa shape index (κ3) is 2.77. The Morgan fingerprint density at radius 1 is 1.07 bits per heavy atom. The second kappa shape index (κ2) is 6.46. The Labute approximate surface area is 159 Å². The SMILES string of the molecule is C/C(=N/N=C(N)N)c1cn(S(=O)(=O)c2cccc3n[nH]nc23)c2ccccc12. The molecule has 0 amide bonds. The van der Waals surface area contributed by atoms with Crippen molar-refractivity contribution in [3.8, 4) is 0 Å². The third-order valence-corrected chi connectivity index (χ3v) is 5.94. The van der Waals surface area contributed by atoms with E-state index in [0.717, 1.165) is 0 Å². The van der Waals surface area contributed by atoms with Gasteiger partial charge in [-0.25, -0.2) is 12.4 Å². The molecule has 28 heavy (non-hydrogen) atoms. The van der Waals surface area contributed by atoms with E-state index in [1.807, 2.05) is 12.1 Å². The summed E-state index contributed by atoms with van der Waals surface area (Å²) in [5, 5.41) is 18.7. The summed E-state index contributed by atoms with van der Waals surface area (Å²) in [7, 11) is -3.95. The number of nitrogens with two attached hydrogens (primary N) is 2. The molecule has 4 aromatic rings. The molecule has 2 heterocycles. The van der Waals surface area contributed by atoms with Crippen molar-refractivity contribution in [2.75, 3.05) is 0 Å². The molecule has 0 saturated heterocycles. The number of fused-ring (bicyclic) bond motifs is 2. The number of nitrogens with zero attached hydrogens (tertiary/aromatic N) is 5. The van der Waals surface area contributed by atoms with E-state index >= 15 is 0 Å². The Kier molecular flexibility index (Phi) is 4.08. The molecule has 0 fully saturated rings. The Bertz CT molecular complexity index is 1360. The Balaban J connectivity index is 1.98. The first-order valence-corrected chi connectivity index (χ1v) is 9.62. The van der Waals surface area contributed by atoms with Gasteiger partial charge in [-0.3, -0.25) is 0 Å². The zero-order valence-electron chi connectivity index (χ0n) is 14.7. The summed E-state index contributed by atoms with van der Waals surface area (Å²) in [5.41, 5.74) is 13.0. The molecule has 142 valence electrons.